The monoisotopic (exact) mass is 531 g/mol. The summed E-state index contributed by atoms with van der Waals surface area (Å²) < 4.78 is 40.5. The molecule has 2 aromatic heterocycles. The molecule has 196 valence electrons. The van der Waals surface area contributed by atoms with Gasteiger partial charge in [-0.25, -0.2) is 4.98 Å². The highest BCUT2D eigenvalue weighted by atomic mass is 35.5. The topological polar surface area (TPSA) is 70.1 Å². The van der Waals surface area contributed by atoms with E-state index in [1.54, 1.807) is 17.0 Å². The number of piperazine rings is 1. The molecular formula is C26H29ClF3N7. The zero-order valence-electron chi connectivity index (χ0n) is 20.4. The fourth-order valence-corrected chi connectivity index (χ4v) is 5.05. The van der Waals surface area contributed by atoms with Crippen LogP contribution in [-0.2, 0) is 6.18 Å². The number of pyridine rings is 1. The second-order valence-electron chi connectivity index (χ2n) is 9.52. The van der Waals surface area contributed by atoms with Gasteiger partial charge in [0, 0.05) is 49.5 Å². The highest BCUT2D eigenvalue weighted by Gasteiger charge is 2.36. The van der Waals surface area contributed by atoms with E-state index in [2.05, 4.69) is 15.3 Å². The lowest BCUT2D eigenvalue weighted by Crippen LogP contribution is -2.48. The normalized spacial score (nSPS) is 17.2. The molecule has 1 saturated carbocycles. The van der Waals surface area contributed by atoms with Crippen molar-refractivity contribution >= 4 is 29.3 Å². The van der Waals surface area contributed by atoms with Crippen molar-refractivity contribution in [3.05, 3.63) is 53.2 Å². The molecule has 0 spiro atoms. The minimum atomic E-state index is -4.46. The maximum atomic E-state index is 13.5. The largest absolute Gasteiger partial charge is 0.419 e. The van der Waals surface area contributed by atoms with Gasteiger partial charge in [-0.3, -0.25) is 0 Å². The number of nitrogens with zero attached hydrogens (tertiary/aromatic N) is 6. The van der Waals surface area contributed by atoms with Crippen LogP contribution in [0.3, 0.4) is 0 Å². The predicted molar refractivity (Wildman–Crippen MR) is 139 cm³/mol. The van der Waals surface area contributed by atoms with Crippen molar-refractivity contribution in [3.8, 4) is 11.4 Å². The average Bonchev–Trinajstić information content (AvgIpc) is 2.92. The first kappa shape index (κ1) is 25.5. The van der Waals surface area contributed by atoms with Crippen LogP contribution < -0.4 is 15.1 Å². The molecule has 0 unspecified atom stereocenters. The second-order valence-corrected chi connectivity index (χ2v) is 9.96. The maximum Gasteiger partial charge on any atom is 0.419 e. The summed E-state index contributed by atoms with van der Waals surface area (Å²) in [5.74, 6) is 2.09. The van der Waals surface area contributed by atoms with E-state index >= 15 is 0 Å². The molecule has 2 aliphatic rings. The summed E-state index contributed by atoms with van der Waals surface area (Å²) >= 11 is 6.07. The SMILES string of the molecule is FC(F)(F)c1cccnc1N1CCN(c2nc(NCC3CCCCC3)nc(-c3ccc(Cl)cc3)n2)CC1. The number of hydrogen-bond acceptors (Lipinski definition) is 7. The summed E-state index contributed by atoms with van der Waals surface area (Å²) in [7, 11) is 0. The zero-order valence-corrected chi connectivity index (χ0v) is 21.1. The molecule has 5 rings (SSSR count). The Morgan fingerprint density at radius 2 is 1.59 bits per heavy atom. The smallest absolute Gasteiger partial charge is 0.354 e. The van der Waals surface area contributed by atoms with Gasteiger partial charge in [0.15, 0.2) is 5.82 Å². The lowest BCUT2D eigenvalue weighted by Gasteiger charge is -2.36. The first-order valence-corrected chi connectivity index (χ1v) is 13.0. The summed E-state index contributed by atoms with van der Waals surface area (Å²) in [6, 6.07) is 9.70. The molecule has 1 saturated heterocycles. The fourth-order valence-electron chi connectivity index (χ4n) is 4.93. The third-order valence-corrected chi connectivity index (χ3v) is 7.21. The van der Waals surface area contributed by atoms with Crippen molar-refractivity contribution in [2.45, 2.75) is 38.3 Å². The van der Waals surface area contributed by atoms with Crippen LogP contribution in [0.1, 0.15) is 37.7 Å². The summed E-state index contributed by atoms with van der Waals surface area (Å²) in [6.45, 7) is 2.46. The summed E-state index contributed by atoms with van der Waals surface area (Å²) in [6.07, 6.45) is 3.13. The highest BCUT2D eigenvalue weighted by molar-refractivity contribution is 6.30. The van der Waals surface area contributed by atoms with Gasteiger partial charge in [0.1, 0.15) is 5.82 Å². The standard InChI is InChI=1S/C26H29ClF3N7/c27-20-10-8-19(9-11-20)22-33-24(32-17-18-5-2-1-3-6-18)35-25(34-22)37-15-13-36(14-16-37)23-21(26(28,29)30)7-4-12-31-23/h4,7-12,18H,1-3,5-6,13-17H2,(H,32,33,34,35). The van der Waals surface area contributed by atoms with Crippen LogP contribution in [-0.4, -0.2) is 52.7 Å². The minimum absolute atomic E-state index is 0.0398. The zero-order chi connectivity index (χ0) is 25.8. The second kappa shape index (κ2) is 11.1. The Kier molecular flexibility index (Phi) is 7.64. The third-order valence-electron chi connectivity index (χ3n) is 6.95. The number of rotatable bonds is 6. The van der Waals surface area contributed by atoms with Gasteiger partial charge in [-0.2, -0.15) is 28.1 Å². The van der Waals surface area contributed by atoms with Gasteiger partial charge in [0.2, 0.25) is 11.9 Å². The Hall–Kier alpha value is -3.14. The maximum absolute atomic E-state index is 13.5. The molecule has 1 aliphatic heterocycles. The Balaban J connectivity index is 1.35. The van der Waals surface area contributed by atoms with Crippen molar-refractivity contribution in [3.63, 3.8) is 0 Å². The van der Waals surface area contributed by atoms with E-state index in [0.29, 0.717) is 54.8 Å². The predicted octanol–water partition coefficient (Wildman–Crippen LogP) is 5.92. The number of aromatic nitrogens is 4. The first-order chi connectivity index (χ1) is 17.9. The third kappa shape index (κ3) is 6.23. The Morgan fingerprint density at radius 1 is 0.892 bits per heavy atom. The Morgan fingerprint density at radius 3 is 2.30 bits per heavy atom. The average molecular weight is 532 g/mol. The van der Waals surface area contributed by atoms with Gasteiger partial charge >= 0.3 is 6.18 Å². The molecule has 0 radical (unpaired) electrons. The lowest BCUT2D eigenvalue weighted by atomic mass is 9.89. The molecule has 0 atom stereocenters. The van der Waals surface area contributed by atoms with Crippen LogP contribution in [0.5, 0.6) is 0 Å². The van der Waals surface area contributed by atoms with Crippen LogP contribution in [0.25, 0.3) is 11.4 Å². The van der Waals surface area contributed by atoms with Gasteiger partial charge in [-0.15, -0.1) is 0 Å². The molecular weight excluding hydrogens is 503 g/mol. The Bertz CT molecular complexity index is 1190. The van der Waals surface area contributed by atoms with E-state index in [4.69, 9.17) is 21.6 Å². The van der Waals surface area contributed by atoms with Crippen molar-refractivity contribution in [2.24, 2.45) is 5.92 Å². The van der Waals surface area contributed by atoms with Crippen LogP contribution in [0.4, 0.5) is 30.9 Å². The molecule has 1 N–H and O–H groups in total. The fraction of sp³-hybridized carbons (Fsp3) is 0.462. The van der Waals surface area contributed by atoms with Crippen molar-refractivity contribution in [1.29, 1.82) is 0 Å². The van der Waals surface area contributed by atoms with Gasteiger partial charge in [0.25, 0.3) is 0 Å². The van der Waals surface area contributed by atoms with E-state index in [1.165, 1.54) is 44.4 Å². The molecule has 11 heteroatoms. The number of hydrogen-bond donors (Lipinski definition) is 1. The first-order valence-electron chi connectivity index (χ1n) is 12.6. The van der Waals surface area contributed by atoms with Crippen molar-refractivity contribution in [2.75, 3.05) is 47.8 Å². The molecule has 1 aliphatic carbocycles. The van der Waals surface area contributed by atoms with Crippen molar-refractivity contribution in [1.82, 2.24) is 19.9 Å². The van der Waals surface area contributed by atoms with E-state index in [0.717, 1.165) is 18.2 Å². The molecule has 3 heterocycles. The summed E-state index contributed by atoms with van der Waals surface area (Å²) in [4.78, 5) is 21.8. The minimum Gasteiger partial charge on any atom is -0.354 e. The molecule has 3 aromatic rings. The van der Waals surface area contributed by atoms with Gasteiger partial charge in [-0.1, -0.05) is 30.9 Å². The van der Waals surface area contributed by atoms with Gasteiger partial charge in [0.05, 0.1) is 5.56 Å². The lowest BCUT2D eigenvalue weighted by molar-refractivity contribution is -0.137. The quantitative estimate of drug-likeness (QED) is 0.423. The van der Waals surface area contributed by atoms with Gasteiger partial charge < -0.3 is 15.1 Å². The molecule has 0 bridgehead atoms. The van der Waals surface area contributed by atoms with Crippen LogP contribution in [0.2, 0.25) is 5.02 Å². The van der Waals surface area contributed by atoms with E-state index in [1.807, 2.05) is 17.0 Å². The Labute approximate surface area is 219 Å². The van der Waals surface area contributed by atoms with E-state index < -0.39 is 11.7 Å². The van der Waals surface area contributed by atoms with Crippen LogP contribution in [0.15, 0.2) is 42.6 Å². The molecule has 1 aromatic carbocycles. The molecule has 2 fully saturated rings. The number of benzene rings is 1. The molecule has 7 nitrogen and oxygen atoms in total. The highest BCUT2D eigenvalue weighted by Crippen LogP contribution is 2.35. The van der Waals surface area contributed by atoms with Crippen LogP contribution in [0, 0.1) is 5.92 Å². The van der Waals surface area contributed by atoms with Gasteiger partial charge in [-0.05, 0) is 55.2 Å². The summed E-state index contributed by atoms with van der Waals surface area (Å²) in [5, 5.41) is 4.04. The molecule has 37 heavy (non-hydrogen) atoms. The molecule has 0 amide bonds. The van der Waals surface area contributed by atoms with Crippen molar-refractivity contribution < 1.29 is 13.2 Å². The van der Waals surface area contributed by atoms with E-state index in [-0.39, 0.29) is 5.82 Å². The van der Waals surface area contributed by atoms with E-state index in [9.17, 15) is 13.2 Å². The van der Waals surface area contributed by atoms with Crippen LogP contribution >= 0.6 is 11.6 Å². The number of alkyl halides is 3. The summed E-state index contributed by atoms with van der Waals surface area (Å²) in [5.41, 5.74) is 0.0959. The number of anilines is 3. The number of halogens is 4. The number of nitrogens with one attached hydrogen (secondary N) is 1.